The molecule has 2 aromatic heterocycles. The highest BCUT2D eigenvalue weighted by Gasteiger charge is 2.33. The molecular weight excluding hydrogens is 467 g/mol. The molecule has 8 heteroatoms. The van der Waals surface area contributed by atoms with Crippen LogP contribution in [0.25, 0.3) is 11.3 Å². The molecule has 0 spiro atoms. The number of nitrogens with two attached hydrogens (primary N) is 1. The highest BCUT2D eigenvalue weighted by Crippen LogP contribution is 2.44. The molecule has 0 fully saturated rings. The van der Waals surface area contributed by atoms with E-state index in [-0.39, 0.29) is 11.2 Å². The van der Waals surface area contributed by atoms with E-state index in [0.29, 0.717) is 37.9 Å². The third-order valence-corrected chi connectivity index (χ3v) is 8.00. The molecule has 4 rings (SSSR count). The van der Waals surface area contributed by atoms with Gasteiger partial charge in [0.05, 0.1) is 15.6 Å². The first-order valence-electron chi connectivity index (χ1n) is 10.4. The molecule has 0 unspecified atom stereocenters. The topological polar surface area (TPSA) is 85.3 Å². The van der Waals surface area contributed by atoms with Gasteiger partial charge in [0.25, 0.3) is 11.8 Å². The number of primary amides is 1. The van der Waals surface area contributed by atoms with Crippen LogP contribution in [-0.4, -0.2) is 11.8 Å². The Labute approximate surface area is 200 Å². The summed E-state index contributed by atoms with van der Waals surface area (Å²) in [5, 5.41) is 4.06. The van der Waals surface area contributed by atoms with Crippen molar-refractivity contribution in [1.82, 2.24) is 0 Å². The van der Waals surface area contributed by atoms with Crippen molar-refractivity contribution < 1.29 is 14.0 Å². The maximum absolute atomic E-state index is 12.9. The molecular formula is C24H24Cl2N2O3S. The predicted molar refractivity (Wildman–Crippen MR) is 130 cm³/mol. The van der Waals surface area contributed by atoms with Gasteiger partial charge in [-0.2, -0.15) is 0 Å². The highest BCUT2D eigenvalue weighted by atomic mass is 35.5. The van der Waals surface area contributed by atoms with Crippen LogP contribution in [0.1, 0.15) is 58.5 Å². The van der Waals surface area contributed by atoms with Gasteiger partial charge in [-0.3, -0.25) is 9.59 Å². The molecule has 32 heavy (non-hydrogen) atoms. The van der Waals surface area contributed by atoms with Gasteiger partial charge >= 0.3 is 0 Å². The Kier molecular flexibility index (Phi) is 6.14. The number of thiophene rings is 1. The quantitative estimate of drug-likeness (QED) is 0.420. The van der Waals surface area contributed by atoms with Crippen LogP contribution in [-0.2, 0) is 12.8 Å². The van der Waals surface area contributed by atoms with Gasteiger partial charge in [0.2, 0.25) is 0 Å². The van der Waals surface area contributed by atoms with Gasteiger partial charge in [-0.05, 0) is 60.4 Å². The van der Waals surface area contributed by atoms with Crippen LogP contribution in [0.5, 0.6) is 0 Å². The maximum Gasteiger partial charge on any atom is 0.292 e. The summed E-state index contributed by atoms with van der Waals surface area (Å²) in [5.41, 5.74) is 7.83. The van der Waals surface area contributed by atoms with E-state index in [4.69, 9.17) is 33.4 Å². The van der Waals surface area contributed by atoms with Crippen molar-refractivity contribution in [3.05, 3.63) is 62.1 Å². The van der Waals surface area contributed by atoms with Crippen LogP contribution in [0.15, 0.2) is 34.7 Å². The van der Waals surface area contributed by atoms with Gasteiger partial charge < -0.3 is 15.5 Å². The van der Waals surface area contributed by atoms with E-state index in [1.165, 1.54) is 11.3 Å². The number of furan rings is 1. The summed E-state index contributed by atoms with van der Waals surface area (Å²) >= 11 is 13.8. The minimum absolute atomic E-state index is 0.102. The molecule has 3 aromatic rings. The van der Waals surface area contributed by atoms with Crippen LogP contribution in [0, 0.1) is 11.3 Å². The van der Waals surface area contributed by atoms with Crippen molar-refractivity contribution in [3.63, 3.8) is 0 Å². The molecule has 0 bridgehead atoms. The van der Waals surface area contributed by atoms with Crippen molar-refractivity contribution in [2.75, 3.05) is 5.32 Å². The molecule has 0 saturated heterocycles. The van der Waals surface area contributed by atoms with Gasteiger partial charge in [0.1, 0.15) is 10.8 Å². The third kappa shape index (κ3) is 4.32. The maximum atomic E-state index is 12.9. The second-order valence-electron chi connectivity index (χ2n) is 9.10. The second-order valence-corrected chi connectivity index (χ2v) is 11.0. The molecule has 1 atom stereocenters. The number of hydrogen-bond donors (Lipinski definition) is 2. The Morgan fingerprint density at radius 3 is 2.62 bits per heavy atom. The lowest BCUT2D eigenvalue weighted by Gasteiger charge is -2.33. The normalized spacial score (nSPS) is 16.0. The molecule has 168 valence electrons. The summed E-state index contributed by atoms with van der Waals surface area (Å²) in [6.07, 6.45) is 2.64. The lowest BCUT2D eigenvalue weighted by atomic mass is 9.72. The standard InChI is InChI=1S/C24H24Cl2N2O3S/c1-24(2,3)12-7-8-14-18(11-12)32-23(19(14)21(27)29)28-22(30)17-10-9-16(31-17)13-5-4-6-15(25)20(13)26/h4-6,9-10,12H,7-8,11H2,1-3H3,(H2,27,29)(H,28,30)/t12-/m0/s1. The first kappa shape index (κ1) is 22.9. The molecule has 0 aliphatic heterocycles. The zero-order valence-corrected chi connectivity index (χ0v) is 20.4. The number of carbonyl (C=O) groups is 2. The Bertz CT molecular complexity index is 1210. The largest absolute Gasteiger partial charge is 0.451 e. The van der Waals surface area contributed by atoms with Gasteiger partial charge in [0, 0.05) is 10.4 Å². The Morgan fingerprint density at radius 1 is 1.19 bits per heavy atom. The summed E-state index contributed by atoms with van der Waals surface area (Å²) in [7, 11) is 0. The predicted octanol–water partition coefficient (Wildman–Crippen LogP) is 6.82. The van der Waals surface area contributed by atoms with Gasteiger partial charge in [-0.25, -0.2) is 0 Å². The SMILES string of the molecule is CC(C)(C)[C@H]1CCc2c(sc(NC(=O)c3ccc(-c4cccc(Cl)c4Cl)o3)c2C(N)=O)C1. The smallest absolute Gasteiger partial charge is 0.292 e. The summed E-state index contributed by atoms with van der Waals surface area (Å²) in [6, 6.07) is 8.42. The highest BCUT2D eigenvalue weighted by molar-refractivity contribution is 7.17. The molecule has 2 heterocycles. The second kappa shape index (κ2) is 8.58. The van der Waals surface area contributed by atoms with E-state index in [0.717, 1.165) is 29.7 Å². The van der Waals surface area contributed by atoms with E-state index in [1.807, 2.05) is 0 Å². The van der Waals surface area contributed by atoms with Gasteiger partial charge in [-0.1, -0.05) is 50.0 Å². The third-order valence-electron chi connectivity index (χ3n) is 6.01. The summed E-state index contributed by atoms with van der Waals surface area (Å²) < 4.78 is 5.74. The molecule has 3 N–H and O–H groups in total. The Morgan fingerprint density at radius 2 is 1.94 bits per heavy atom. The summed E-state index contributed by atoms with van der Waals surface area (Å²) in [4.78, 5) is 26.3. The minimum atomic E-state index is -0.530. The number of nitrogens with one attached hydrogen (secondary N) is 1. The number of amides is 2. The fourth-order valence-electron chi connectivity index (χ4n) is 4.14. The number of rotatable bonds is 4. The van der Waals surface area contributed by atoms with Crippen molar-refractivity contribution in [2.45, 2.75) is 40.0 Å². The van der Waals surface area contributed by atoms with Crippen LogP contribution in [0.2, 0.25) is 10.0 Å². The first-order chi connectivity index (χ1) is 15.1. The monoisotopic (exact) mass is 490 g/mol. The molecule has 1 aromatic carbocycles. The average molecular weight is 491 g/mol. The molecule has 0 radical (unpaired) electrons. The molecule has 0 saturated carbocycles. The van der Waals surface area contributed by atoms with Crippen molar-refractivity contribution in [1.29, 1.82) is 0 Å². The van der Waals surface area contributed by atoms with Crippen LogP contribution in [0.4, 0.5) is 5.00 Å². The number of carbonyl (C=O) groups excluding carboxylic acids is 2. The van der Waals surface area contributed by atoms with Crippen LogP contribution < -0.4 is 11.1 Å². The van der Waals surface area contributed by atoms with Crippen molar-refractivity contribution in [2.24, 2.45) is 17.1 Å². The van der Waals surface area contributed by atoms with E-state index in [1.54, 1.807) is 30.3 Å². The first-order valence-corrected chi connectivity index (χ1v) is 11.9. The Hall–Kier alpha value is -2.28. The van der Waals surface area contributed by atoms with Gasteiger partial charge in [-0.15, -0.1) is 11.3 Å². The van der Waals surface area contributed by atoms with E-state index in [9.17, 15) is 9.59 Å². The van der Waals surface area contributed by atoms with Crippen LogP contribution in [0.3, 0.4) is 0 Å². The van der Waals surface area contributed by atoms with E-state index in [2.05, 4.69) is 26.1 Å². The summed E-state index contributed by atoms with van der Waals surface area (Å²) in [5.74, 6) is 0.0513. The van der Waals surface area contributed by atoms with Crippen molar-refractivity contribution >= 4 is 51.4 Å². The van der Waals surface area contributed by atoms with Crippen LogP contribution >= 0.6 is 34.5 Å². The zero-order chi connectivity index (χ0) is 23.2. The number of fused-ring (bicyclic) bond motifs is 1. The number of benzene rings is 1. The number of hydrogen-bond acceptors (Lipinski definition) is 4. The fourth-order valence-corrected chi connectivity index (χ4v) is 5.86. The summed E-state index contributed by atoms with van der Waals surface area (Å²) in [6.45, 7) is 6.69. The molecule has 1 aliphatic carbocycles. The lowest BCUT2D eigenvalue weighted by Crippen LogP contribution is -2.27. The zero-order valence-electron chi connectivity index (χ0n) is 18.1. The molecule has 2 amide bonds. The van der Waals surface area contributed by atoms with Crippen molar-refractivity contribution in [3.8, 4) is 11.3 Å². The molecule has 5 nitrogen and oxygen atoms in total. The van der Waals surface area contributed by atoms with Gasteiger partial charge in [0.15, 0.2) is 5.76 Å². The Balaban J connectivity index is 1.61. The minimum Gasteiger partial charge on any atom is -0.451 e. The lowest BCUT2D eigenvalue weighted by molar-refractivity contribution is 0.0997. The average Bonchev–Trinajstić information content (AvgIpc) is 3.33. The number of anilines is 1. The number of halogens is 2. The fraction of sp³-hybridized carbons (Fsp3) is 0.333. The molecule has 1 aliphatic rings. The van der Waals surface area contributed by atoms with E-state index < -0.39 is 11.8 Å². The van der Waals surface area contributed by atoms with E-state index >= 15 is 0 Å².